The monoisotopic (exact) mass is 404 g/mol. The van der Waals surface area contributed by atoms with Crippen LogP contribution in [0.25, 0.3) is 0 Å². The number of urea groups is 1. The van der Waals surface area contributed by atoms with Gasteiger partial charge >= 0.3 is 6.03 Å². The topological polar surface area (TPSA) is 91.4 Å². The van der Waals surface area contributed by atoms with Gasteiger partial charge in [-0.15, -0.1) is 5.10 Å². The van der Waals surface area contributed by atoms with Crippen LogP contribution in [0.4, 0.5) is 33.4 Å². The lowest BCUT2D eigenvalue weighted by molar-refractivity contribution is 0.122. The number of carbonyl (C=O) groups is 1. The second kappa shape index (κ2) is 9.23. The van der Waals surface area contributed by atoms with Gasteiger partial charge in [-0.25, -0.2) is 4.79 Å². The van der Waals surface area contributed by atoms with Crippen LogP contribution in [0.1, 0.15) is 5.56 Å². The Labute approximate surface area is 175 Å². The van der Waals surface area contributed by atoms with E-state index in [1.807, 2.05) is 61.5 Å². The summed E-state index contributed by atoms with van der Waals surface area (Å²) in [5.41, 5.74) is 4.36. The number of amides is 2. The average molecular weight is 404 g/mol. The molecule has 3 aromatic rings. The number of para-hydroxylation sites is 1. The summed E-state index contributed by atoms with van der Waals surface area (Å²) in [6.07, 6.45) is 1.76. The molecule has 2 aromatic carbocycles. The minimum absolute atomic E-state index is 0.283. The second-order valence-electron chi connectivity index (χ2n) is 6.99. The lowest BCUT2D eigenvalue weighted by Gasteiger charge is -2.28. The molecule has 0 unspecified atom stereocenters. The van der Waals surface area contributed by atoms with Crippen molar-refractivity contribution in [3.63, 3.8) is 0 Å². The predicted octanol–water partition coefficient (Wildman–Crippen LogP) is 4.01. The number of nitrogens with zero attached hydrogens (tertiary/aromatic N) is 3. The molecule has 2 amide bonds. The number of anilines is 5. The lowest BCUT2D eigenvalue weighted by Crippen LogP contribution is -2.36. The van der Waals surface area contributed by atoms with Gasteiger partial charge in [-0.05, 0) is 42.8 Å². The van der Waals surface area contributed by atoms with Crippen molar-refractivity contribution >= 4 is 34.6 Å². The number of aryl methyl sites for hydroxylation is 1. The van der Waals surface area contributed by atoms with Crippen molar-refractivity contribution in [2.24, 2.45) is 0 Å². The quantitative estimate of drug-likeness (QED) is 0.595. The zero-order chi connectivity index (χ0) is 20.8. The molecule has 1 saturated heterocycles. The lowest BCUT2D eigenvalue weighted by atomic mass is 10.2. The van der Waals surface area contributed by atoms with Gasteiger partial charge in [0.05, 0.1) is 25.1 Å². The van der Waals surface area contributed by atoms with Crippen molar-refractivity contribution in [3.8, 4) is 0 Å². The third-order valence-corrected chi connectivity index (χ3v) is 4.82. The zero-order valence-corrected chi connectivity index (χ0v) is 16.8. The van der Waals surface area contributed by atoms with Gasteiger partial charge in [0.1, 0.15) is 0 Å². The van der Waals surface area contributed by atoms with Crippen LogP contribution in [0.3, 0.4) is 0 Å². The van der Waals surface area contributed by atoms with Gasteiger partial charge < -0.3 is 25.6 Å². The highest BCUT2D eigenvalue weighted by atomic mass is 16.5. The molecule has 2 heterocycles. The number of morpholine rings is 1. The molecule has 1 aliphatic heterocycles. The van der Waals surface area contributed by atoms with Crippen LogP contribution >= 0.6 is 0 Å². The molecule has 0 aliphatic carbocycles. The van der Waals surface area contributed by atoms with Crippen LogP contribution in [-0.2, 0) is 4.74 Å². The van der Waals surface area contributed by atoms with E-state index in [1.165, 1.54) is 0 Å². The molecule has 0 spiro atoms. The van der Waals surface area contributed by atoms with Crippen molar-refractivity contribution in [2.75, 3.05) is 47.2 Å². The van der Waals surface area contributed by atoms with Gasteiger partial charge in [0.15, 0.2) is 5.82 Å². The SMILES string of the molecule is Cc1ccccc1NC(=O)Nc1ccc(Nc2cc(N3CCOCC3)cnn2)cc1. The molecule has 1 fully saturated rings. The van der Waals surface area contributed by atoms with Crippen LogP contribution in [0.5, 0.6) is 0 Å². The first-order chi connectivity index (χ1) is 14.7. The number of rotatable bonds is 5. The first kappa shape index (κ1) is 19.7. The second-order valence-corrected chi connectivity index (χ2v) is 6.99. The van der Waals surface area contributed by atoms with E-state index in [1.54, 1.807) is 6.20 Å². The maximum atomic E-state index is 12.2. The predicted molar refractivity (Wildman–Crippen MR) is 119 cm³/mol. The molecule has 1 aliphatic rings. The van der Waals surface area contributed by atoms with Crippen molar-refractivity contribution in [1.29, 1.82) is 0 Å². The largest absolute Gasteiger partial charge is 0.378 e. The third kappa shape index (κ3) is 5.03. The number of hydrogen-bond donors (Lipinski definition) is 3. The normalized spacial score (nSPS) is 13.6. The standard InChI is InChI=1S/C22H24N6O2/c1-16-4-2-3-5-20(16)26-22(29)25-18-8-6-17(7-9-18)24-21-14-19(15-23-27-21)28-10-12-30-13-11-28/h2-9,14-15H,10-13H2,1H3,(H,24,27)(H2,25,26,29). The summed E-state index contributed by atoms with van der Waals surface area (Å²) in [7, 11) is 0. The highest BCUT2D eigenvalue weighted by molar-refractivity contribution is 6.00. The van der Waals surface area contributed by atoms with E-state index in [0.717, 1.165) is 48.9 Å². The Morgan fingerprint density at radius 2 is 1.73 bits per heavy atom. The molecule has 154 valence electrons. The summed E-state index contributed by atoms with van der Waals surface area (Å²) in [5, 5.41) is 17.2. The van der Waals surface area contributed by atoms with E-state index in [0.29, 0.717) is 11.5 Å². The molecular weight excluding hydrogens is 380 g/mol. The van der Waals surface area contributed by atoms with E-state index >= 15 is 0 Å². The maximum Gasteiger partial charge on any atom is 0.323 e. The van der Waals surface area contributed by atoms with Gasteiger partial charge in [-0.2, -0.15) is 5.10 Å². The summed E-state index contributed by atoms with van der Waals surface area (Å²) in [6, 6.07) is 16.8. The van der Waals surface area contributed by atoms with Crippen LogP contribution in [0.2, 0.25) is 0 Å². The van der Waals surface area contributed by atoms with Gasteiger partial charge in [-0.1, -0.05) is 18.2 Å². The summed E-state index contributed by atoms with van der Waals surface area (Å²) >= 11 is 0. The highest BCUT2D eigenvalue weighted by Crippen LogP contribution is 2.22. The minimum Gasteiger partial charge on any atom is -0.378 e. The number of carbonyl (C=O) groups excluding carboxylic acids is 1. The Morgan fingerprint density at radius 3 is 2.50 bits per heavy atom. The average Bonchev–Trinajstić information content (AvgIpc) is 2.78. The van der Waals surface area contributed by atoms with Crippen LogP contribution in [0.15, 0.2) is 60.8 Å². The van der Waals surface area contributed by atoms with Gasteiger partial charge in [0, 0.05) is 36.2 Å². The molecular formula is C22H24N6O2. The first-order valence-electron chi connectivity index (χ1n) is 9.83. The van der Waals surface area contributed by atoms with Gasteiger partial charge in [0.2, 0.25) is 0 Å². The van der Waals surface area contributed by atoms with Gasteiger partial charge in [0.25, 0.3) is 0 Å². The fraction of sp³-hybridized carbons (Fsp3) is 0.227. The molecule has 4 rings (SSSR count). The van der Waals surface area contributed by atoms with Gasteiger partial charge in [-0.3, -0.25) is 0 Å². The summed E-state index contributed by atoms with van der Waals surface area (Å²) in [6.45, 7) is 5.08. The Hall–Kier alpha value is -3.65. The Balaban J connectivity index is 1.36. The molecule has 0 radical (unpaired) electrons. The number of aromatic nitrogens is 2. The van der Waals surface area contributed by atoms with Crippen molar-refractivity contribution in [1.82, 2.24) is 10.2 Å². The number of hydrogen-bond acceptors (Lipinski definition) is 6. The molecule has 30 heavy (non-hydrogen) atoms. The third-order valence-electron chi connectivity index (χ3n) is 4.82. The molecule has 0 bridgehead atoms. The number of ether oxygens (including phenoxy) is 1. The molecule has 3 N–H and O–H groups in total. The maximum absolute atomic E-state index is 12.2. The van der Waals surface area contributed by atoms with Crippen LogP contribution in [-0.4, -0.2) is 42.5 Å². The molecule has 1 aromatic heterocycles. The minimum atomic E-state index is -0.283. The summed E-state index contributed by atoms with van der Waals surface area (Å²) < 4.78 is 5.40. The zero-order valence-electron chi connectivity index (χ0n) is 16.8. The molecule has 8 heteroatoms. The van der Waals surface area contributed by atoms with Crippen molar-refractivity contribution in [3.05, 3.63) is 66.4 Å². The first-order valence-corrected chi connectivity index (χ1v) is 9.83. The summed E-state index contributed by atoms with van der Waals surface area (Å²) in [4.78, 5) is 14.5. The summed E-state index contributed by atoms with van der Waals surface area (Å²) in [5.74, 6) is 0.664. The highest BCUT2D eigenvalue weighted by Gasteiger charge is 2.12. The molecule has 0 saturated carbocycles. The van der Waals surface area contributed by atoms with E-state index < -0.39 is 0 Å². The van der Waals surface area contributed by atoms with E-state index in [9.17, 15) is 4.79 Å². The van der Waals surface area contributed by atoms with E-state index in [4.69, 9.17) is 4.74 Å². The number of nitrogens with one attached hydrogen (secondary N) is 3. The smallest absolute Gasteiger partial charge is 0.323 e. The Bertz CT molecular complexity index is 1000. The fourth-order valence-corrected chi connectivity index (χ4v) is 3.19. The van der Waals surface area contributed by atoms with E-state index in [-0.39, 0.29) is 6.03 Å². The Morgan fingerprint density at radius 1 is 1.00 bits per heavy atom. The molecule has 8 nitrogen and oxygen atoms in total. The van der Waals surface area contributed by atoms with Crippen molar-refractivity contribution < 1.29 is 9.53 Å². The fourth-order valence-electron chi connectivity index (χ4n) is 3.19. The Kier molecular flexibility index (Phi) is 6.05. The van der Waals surface area contributed by atoms with Crippen molar-refractivity contribution in [2.45, 2.75) is 6.92 Å². The van der Waals surface area contributed by atoms with Crippen LogP contribution in [0, 0.1) is 6.92 Å². The number of benzene rings is 2. The van der Waals surface area contributed by atoms with Crippen LogP contribution < -0.4 is 20.9 Å². The van der Waals surface area contributed by atoms with E-state index in [2.05, 4.69) is 31.0 Å². The molecule has 0 atom stereocenters.